The van der Waals surface area contributed by atoms with Crippen molar-refractivity contribution in [2.24, 2.45) is 5.41 Å². The average Bonchev–Trinajstić information content (AvgIpc) is 2.47. The van der Waals surface area contributed by atoms with Gasteiger partial charge in [-0.1, -0.05) is 0 Å². The van der Waals surface area contributed by atoms with Gasteiger partial charge in [-0.25, -0.2) is 0 Å². The first-order valence-electron chi connectivity index (χ1n) is 5.45. The molecule has 1 unspecified atom stereocenters. The fraction of sp³-hybridized carbons (Fsp3) is 0.909. The number of hydrogen-bond donors (Lipinski definition) is 0. The summed E-state index contributed by atoms with van der Waals surface area (Å²) in [6.45, 7) is 8.39. The quantitative estimate of drug-likeness (QED) is 0.646. The molecule has 1 spiro atoms. The zero-order chi connectivity index (χ0) is 10.3. The summed E-state index contributed by atoms with van der Waals surface area (Å²) in [5.41, 5.74) is 0.526. The number of rotatable bonds is 2. The van der Waals surface area contributed by atoms with Gasteiger partial charge in [0, 0.05) is 25.0 Å². The summed E-state index contributed by atoms with van der Waals surface area (Å²) in [6.07, 6.45) is 1.27. The monoisotopic (exact) mass is 196 g/mol. The molecule has 0 aromatic carbocycles. The molecule has 0 aliphatic carbocycles. The predicted molar refractivity (Wildman–Crippen MR) is 56.3 cm³/mol. The largest absolute Gasteiger partial charge is 0.305 e. The Kier molecular flexibility index (Phi) is 2.40. The maximum absolute atomic E-state index is 11.3. The maximum Gasteiger partial charge on any atom is 0.146 e. The maximum atomic E-state index is 11.3. The van der Waals surface area contributed by atoms with Crippen LogP contribution in [0.4, 0.5) is 0 Å². The van der Waals surface area contributed by atoms with E-state index in [0.717, 1.165) is 13.1 Å². The van der Waals surface area contributed by atoms with Crippen LogP contribution in [0, 0.1) is 5.41 Å². The molecule has 1 atom stereocenters. The molecule has 0 bridgehead atoms. The second-order valence-electron chi connectivity index (χ2n) is 5.18. The summed E-state index contributed by atoms with van der Waals surface area (Å²) in [5.74, 6) is 0.301. The van der Waals surface area contributed by atoms with Crippen molar-refractivity contribution >= 4 is 5.78 Å². The lowest BCUT2D eigenvalue weighted by molar-refractivity contribution is -0.121. The first-order valence-corrected chi connectivity index (χ1v) is 5.45. The highest BCUT2D eigenvalue weighted by Crippen LogP contribution is 2.39. The molecular formula is C11H20N2O. The van der Waals surface area contributed by atoms with Crippen LogP contribution in [0.25, 0.3) is 0 Å². The molecule has 0 saturated carbocycles. The van der Waals surface area contributed by atoms with Crippen LogP contribution in [0.3, 0.4) is 0 Å². The highest BCUT2D eigenvalue weighted by atomic mass is 16.1. The van der Waals surface area contributed by atoms with Crippen molar-refractivity contribution in [2.45, 2.75) is 26.3 Å². The molecule has 2 aliphatic rings. The molecule has 0 radical (unpaired) electrons. The number of carbonyl (C=O) groups excluding carboxylic acids is 1. The van der Waals surface area contributed by atoms with E-state index in [4.69, 9.17) is 0 Å². The third-order valence-corrected chi connectivity index (χ3v) is 3.81. The molecule has 14 heavy (non-hydrogen) atoms. The minimum atomic E-state index is 0.125. The van der Waals surface area contributed by atoms with E-state index in [-0.39, 0.29) is 6.04 Å². The van der Waals surface area contributed by atoms with E-state index >= 15 is 0 Å². The van der Waals surface area contributed by atoms with E-state index in [0.29, 0.717) is 11.2 Å². The van der Waals surface area contributed by atoms with E-state index in [1.54, 1.807) is 6.92 Å². The van der Waals surface area contributed by atoms with Gasteiger partial charge in [0.05, 0.1) is 6.04 Å². The van der Waals surface area contributed by atoms with Crippen LogP contribution in [0.2, 0.25) is 0 Å². The van der Waals surface area contributed by atoms with Crippen molar-refractivity contribution in [3.63, 3.8) is 0 Å². The molecule has 80 valence electrons. The zero-order valence-electron chi connectivity index (χ0n) is 9.42. The Balaban J connectivity index is 1.92. The van der Waals surface area contributed by atoms with Crippen LogP contribution in [0.15, 0.2) is 0 Å². The smallest absolute Gasteiger partial charge is 0.146 e. The Morgan fingerprint density at radius 2 is 2.00 bits per heavy atom. The van der Waals surface area contributed by atoms with Gasteiger partial charge in [0.1, 0.15) is 5.78 Å². The Bertz CT molecular complexity index is 246. The topological polar surface area (TPSA) is 23.6 Å². The van der Waals surface area contributed by atoms with E-state index < -0.39 is 0 Å². The number of hydrogen-bond acceptors (Lipinski definition) is 3. The van der Waals surface area contributed by atoms with Gasteiger partial charge in [0.25, 0.3) is 0 Å². The molecule has 0 aromatic rings. The standard InChI is InChI=1S/C11H20N2O/c1-9(10(2)14)13-5-4-11(8-13)6-12(3)7-11/h9H,4-8H2,1-3H3. The van der Waals surface area contributed by atoms with Crippen molar-refractivity contribution in [1.82, 2.24) is 9.80 Å². The van der Waals surface area contributed by atoms with Crippen LogP contribution in [-0.4, -0.2) is 54.9 Å². The fourth-order valence-corrected chi connectivity index (χ4v) is 2.91. The minimum Gasteiger partial charge on any atom is -0.305 e. The SMILES string of the molecule is CC(=O)C(C)N1CCC2(CN(C)C2)C1. The summed E-state index contributed by atoms with van der Waals surface area (Å²) in [4.78, 5) is 16.0. The molecule has 2 saturated heterocycles. The van der Waals surface area contributed by atoms with Gasteiger partial charge in [-0.15, -0.1) is 0 Å². The van der Waals surface area contributed by atoms with Crippen molar-refractivity contribution < 1.29 is 4.79 Å². The average molecular weight is 196 g/mol. The van der Waals surface area contributed by atoms with Crippen molar-refractivity contribution in [3.8, 4) is 0 Å². The molecule has 2 fully saturated rings. The van der Waals surface area contributed by atoms with Gasteiger partial charge in [-0.3, -0.25) is 9.69 Å². The molecule has 2 aliphatic heterocycles. The Morgan fingerprint density at radius 3 is 2.50 bits per heavy atom. The highest BCUT2D eigenvalue weighted by molar-refractivity contribution is 5.81. The van der Waals surface area contributed by atoms with Gasteiger partial charge in [0.15, 0.2) is 0 Å². The van der Waals surface area contributed by atoms with E-state index in [1.807, 2.05) is 6.92 Å². The summed E-state index contributed by atoms with van der Waals surface area (Å²) >= 11 is 0. The predicted octanol–water partition coefficient (Wildman–Crippen LogP) is 0.601. The van der Waals surface area contributed by atoms with Crippen LogP contribution in [-0.2, 0) is 4.79 Å². The number of ketones is 1. The Morgan fingerprint density at radius 1 is 1.36 bits per heavy atom. The number of Topliss-reactive ketones (excluding diaryl/α,β-unsaturated/α-hetero) is 1. The molecule has 2 heterocycles. The van der Waals surface area contributed by atoms with Gasteiger partial charge < -0.3 is 4.90 Å². The third kappa shape index (κ3) is 1.59. The van der Waals surface area contributed by atoms with Crippen molar-refractivity contribution in [3.05, 3.63) is 0 Å². The summed E-state index contributed by atoms with van der Waals surface area (Å²) in [7, 11) is 2.17. The normalized spacial score (nSPS) is 29.1. The second kappa shape index (κ2) is 3.31. The molecule has 3 heteroatoms. The lowest BCUT2D eigenvalue weighted by Crippen LogP contribution is -2.56. The van der Waals surface area contributed by atoms with Gasteiger partial charge >= 0.3 is 0 Å². The van der Waals surface area contributed by atoms with Gasteiger partial charge in [-0.05, 0) is 33.9 Å². The second-order valence-corrected chi connectivity index (χ2v) is 5.18. The minimum absolute atomic E-state index is 0.125. The first kappa shape index (κ1) is 10.1. The molecule has 0 aromatic heterocycles. The van der Waals surface area contributed by atoms with Crippen LogP contribution in [0.1, 0.15) is 20.3 Å². The van der Waals surface area contributed by atoms with Crippen molar-refractivity contribution in [1.29, 1.82) is 0 Å². The van der Waals surface area contributed by atoms with E-state index in [9.17, 15) is 4.79 Å². The molecule has 0 N–H and O–H groups in total. The zero-order valence-corrected chi connectivity index (χ0v) is 9.42. The number of likely N-dealkylation sites (tertiary alicyclic amines) is 2. The van der Waals surface area contributed by atoms with E-state index in [1.165, 1.54) is 19.5 Å². The van der Waals surface area contributed by atoms with Crippen LogP contribution < -0.4 is 0 Å². The Hall–Kier alpha value is -0.410. The van der Waals surface area contributed by atoms with E-state index in [2.05, 4.69) is 16.8 Å². The summed E-state index contributed by atoms with van der Waals surface area (Å²) in [5, 5.41) is 0. The number of nitrogens with zero attached hydrogens (tertiary/aromatic N) is 2. The third-order valence-electron chi connectivity index (χ3n) is 3.81. The summed E-state index contributed by atoms with van der Waals surface area (Å²) < 4.78 is 0. The van der Waals surface area contributed by atoms with Crippen LogP contribution in [0.5, 0.6) is 0 Å². The highest BCUT2D eigenvalue weighted by Gasteiger charge is 2.47. The first-order chi connectivity index (χ1) is 6.52. The summed E-state index contributed by atoms with van der Waals surface area (Å²) in [6, 6.07) is 0.125. The Labute approximate surface area is 86.1 Å². The molecular weight excluding hydrogens is 176 g/mol. The fourth-order valence-electron chi connectivity index (χ4n) is 2.91. The molecule has 3 nitrogen and oxygen atoms in total. The lowest BCUT2D eigenvalue weighted by Gasteiger charge is -2.46. The van der Waals surface area contributed by atoms with Crippen LogP contribution >= 0.6 is 0 Å². The molecule has 0 amide bonds. The number of carbonyl (C=O) groups is 1. The van der Waals surface area contributed by atoms with Gasteiger partial charge in [0.2, 0.25) is 0 Å². The molecule has 2 rings (SSSR count). The van der Waals surface area contributed by atoms with Gasteiger partial charge in [-0.2, -0.15) is 0 Å². The lowest BCUT2D eigenvalue weighted by atomic mass is 9.79. The van der Waals surface area contributed by atoms with Crippen molar-refractivity contribution in [2.75, 3.05) is 33.2 Å².